The SMILES string of the molecule is COC(=O)c1cc(C(C)=O)cc(C(=O)OC)c1. The van der Waals surface area contributed by atoms with E-state index in [2.05, 4.69) is 9.47 Å². The van der Waals surface area contributed by atoms with Crippen molar-refractivity contribution < 1.29 is 23.9 Å². The zero-order valence-corrected chi connectivity index (χ0v) is 9.77. The fourth-order valence-electron chi connectivity index (χ4n) is 1.30. The largest absolute Gasteiger partial charge is 0.465 e. The maximum absolute atomic E-state index is 11.4. The maximum atomic E-state index is 11.4. The van der Waals surface area contributed by atoms with E-state index in [0.717, 1.165) is 0 Å². The standard InChI is InChI=1S/C12H12O5/c1-7(13)8-4-9(11(14)16-2)6-10(5-8)12(15)17-3/h4-6H,1-3H3. The van der Waals surface area contributed by atoms with Gasteiger partial charge in [-0.05, 0) is 25.1 Å². The third kappa shape index (κ3) is 2.90. The van der Waals surface area contributed by atoms with E-state index in [9.17, 15) is 14.4 Å². The van der Waals surface area contributed by atoms with Gasteiger partial charge in [0, 0.05) is 5.56 Å². The zero-order chi connectivity index (χ0) is 13.0. The maximum Gasteiger partial charge on any atom is 0.337 e. The number of methoxy groups -OCH3 is 2. The van der Waals surface area contributed by atoms with E-state index in [1.54, 1.807) is 0 Å². The molecule has 0 unspecified atom stereocenters. The van der Waals surface area contributed by atoms with Crippen LogP contribution in [0.15, 0.2) is 18.2 Å². The Morgan fingerprint density at radius 2 is 1.18 bits per heavy atom. The van der Waals surface area contributed by atoms with Gasteiger partial charge in [0.05, 0.1) is 25.3 Å². The number of ketones is 1. The quantitative estimate of drug-likeness (QED) is 0.587. The Labute approximate surface area is 98.3 Å². The van der Waals surface area contributed by atoms with Gasteiger partial charge in [-0.25, -0.2) is 9.59 Å². The van der Waals surface area contributed by atoms with Gasteiger partial charge in [0.15, 0.2) is 5.78 Å². The van der Waals surface area contributed by atoms with Gasteiger partial charge >= 0.3 is 11.9 Å². The van der Waals surface area contributed by atoms with Crippen LogP contribution in [0.3, 0.4) is 0 Å². The number of rotatable bonds is 3. The highest BCUT2D eigenvalue weighted by Crippen LogP contribution is 2.13. The molecular weight excluding hydrogens is 224 g/mol. The molecule has 0 saturated heterocycles. The Kier molecular flexibility index (Phi) is 3.98. The van der Waals surface area contributed by atoms with Gasteiger partial charge in [-0.3, -0.25) is 4.79 Å². The average Bonchev–Trinajstić information content (AvgIpc) is 2.36. The summed E-state index contributed by atoms with van der Waals surface area (Å²) in [6, 6.07) is 4.07. The van der Waals surface area contributed by atoms with Crippen LogP contribution in [-0.4, -0.2) is 31.9 Å². The molecule has 5 nitrogen and oxygen atoms in total. The highest BCUT2D eigenvalue weighted by atomic mass is 16.5. The molecule has 1 aromatic carbocycles. The van der Waals surface area contributed by atoms with Crippen LogP contribution in [0.25, 0.3) is 0 Å². The number of Topliss-reactive ketones (excluding diaryl/α,β-unsaturated/α-hetero) is 1. The molecular formula is C12H12O5. The Balaban J connectivity index is 3.33. The minimum atomic E-state index is -0.613. The molecule has 0 spiro atoms. The smallest absolute Gasteiger partial charge is 0.337 e. The van der Waals surface area contributed by atoms with E-state index in [4.69, 9.17) is 0 Å². The number of hydrogen-bond donors (Lipinski definition) is 0. The number of ether oxygens (including phenoxy) is 2. The summed E-state index contributed by atoms with van der Waals surface area (Å²) in [7, 11) is 2.45. The molecule has 0 radical (unpaired) electrons. The van der Waals surface area contributed by atoms with Crippen LogP contribution in [0.5, 0.6) is 0 Å². The minimum absolute atomic E-state index is 0.139. The minimum Gasteiger partial charge on any atom is -0.465 e. The molecule has 0 fully saturated rings. The van der Waals surface area contributed by atoms with Crippen molar-refractivity contribution in [3.63, 3.8) is 0 Å². The summed E-state index contributed by atoms with van der Waals surface area (Å²) in [5.41, 5.74) is 0.537. The lowest BCUT2D eigenvalue weighted by Gasteiger charge is -2.05. The second-order valence-electron chi connectivity index (χ2n) is 3.34. The van der Waals surface area contributed by atoms with Crippen LogP contribution in [0.4, 0.5) is 0 Å². The molecule has 0 aliphatic heterocycles. The molecule has 0 atom stereocenters. The molecule has 90 valence electrons. The highest BCUT2D eigenvalue weighted by Gasteiger charge is 2.15. The van der Waals surface area contributed by atoms with Crippen LogP contribution in [0, 0.1) is 0 Å². The molecule has 17 heavy (non-hydrogen) atoms. The van der Waals surface area contributed by atoms with Crippen molar-refractivity contribution in [2.75, 3.05) is 14.2 Å². The van der Waals surface area contributed by atoms with E-state index < -0.39 is 11.9 Å². The van der Waals surface area contributed by atoms with Crippen LogP contribution < -0.4 is 0 Å². The summed E-state index contributed by atoms with van der Waals surface area (Å²) in [4.78, 5) is 34.0. The highest BCUT2D eigenvalue weighted by molar-refractivity contribution is 6.02. The van der Waals surface area contributed by atoms with E-state index in [0.29, 0.717) is 0 Å². The van der Waals surface area contributed by atoms with E-state index >= 15 is 0 Å². The van der Waals surface area contributed by atoms with Gasteiger partial charge in [-0.1, -0.05) is 0 Å². The number of carbonyl (C=O) groups is 3. The van der Waals surface area contributed by atoms with Gasteiger partial charge in [0.2, 0.25) is 0 Å². The van der Waals surface area contributed by atoms with Crippen molar-refractivity contribution >= 4 is 17.7 Å². The van der Waals surface area contributed by atoms with E-state index in [1.165, 1.54) is 39.3 Å². The summed E-state index contributed by atoms with van der Waals surface area (Å²) in [6.07, 6.45) is 0. The fourth-order valence-corrected chi connectivity index (χ4v) is 1.30. The Morgan fingerprint density at radius 3 is 1.47 bits per heavy atom. The Morgan fingerprint density at radius 1 is 0.824 bits per heavy atom. The van der Waals surface area contributed by atoms with Crippen molar-refractivity contribution in [3.8, 4) is 0 Å². The molecule has 0 amide bonds. The van der Waals surface area contributed by atoms with E-state index in [-0.39, 0.29) is 22.5 Å². The van der Waals surface area contributed by atoms with Crippen molar-refractivity contribution in [1.29, 1.82) is 0 Å². The zero-order valence-electron chi connectivity index (χ0n) is 9.77. The Hall–Kier alpha value is -2.17. The molecule has 1 aromatic rings. The number of carbonyl (C=O) groups excluding carboxylic acids is 3. The normalized spacial score (nSPS) is 9.59. The molecule has 0 aliphatic carbocycles. The first-order chi connectivity index (χ1) is 7.99. The average molecular weight is 236 g/mol. The summed E-state index contributed by atoms with van der Waals surface area (Å²) in [5, 5.41) is 0. The summed E-state index contributed by atoms with van der Waals surface area (Å²) in [6.45, 7) is 1.34. The lowest BCUT2D eigenvalue weighted by molar-refractivity contribution is 0.0599. The van der Waals surface area contributed by atoms with Crippen molar-refractivity contribution in [2.24, 2.45) is 0 Å². The number of hydrogen-bond acceptors (Lipinski definition) is 5. The lowest BCUT2D eigenvalue weighted by Crippen LogP contribution is -2.09. The third-order valence-electron chi connectivity index (χ3n) is 2.18. The van der Waals surface area contributed by atoms with Crippen molar-refractivity contribution in [1.82, 2.24) is 0 Å². The molecule has 0 heterocycles. The van der Waals surface area contributed by atoms with E-state index in [1.807, 2.05) is 0 Å². The molecule has 0 N–H and O–H groups in total. The van der Waals surface area contributed by atoms with Crippen LogP contribution in [0.1, 0.15) is 38.0 Å². The first-order valence-corrected chi connectivity index (χ1v) is 4.82. The first kappa shape index (κ1) is 12.9. The third-order valence-corrected chi connectivity index (χ3v) is 2.18. The first-order valence-electron chi connectivity index (χ1n) is 4.82. The molecule has 1 rings (SSSR count). The summed E-state index contributed by atoms with van der Waals surface area (Å²) >= 11 is 0. The van der Waals surface area contributed by atoms with Gasteiger partial charge in [-0.2, -0.15) is 0 Å². The van der Waals surface area contributed by atoms with Gasteiger partial charge in [-0.15, -0.1) is 0 Å². The van der Waals surface area contributed by atoms with Gasteiger partial charge in [0.25, 0.3) is 0 Å². The topological polar surface area (TPSA) is 69.7 Å². The van der Waals surface area contributed by atoms with Gasteiger partial charge in [0.1, 0.15) is 0 Å². The van der Waals surface area contributed by atoms with Crippen molar-refractivity contribution in [3.05, 3.63) is 34.9 Å². The predicted molar refractivity (Wildman–Crippen MR) is 59.1 cm³/mol. The van der Waals surface area contributed by atoms with Crippen LogP contribution in [0.2, 0.25) is 0 Å². The van der Waals surface area contributed by atoms with Crippen molar-refractivity contribution in [2.45, 2.75) is 6.92 Å². The molecule has 0 saturated carbocycles. The predicted octanol–water partition coefficient (Wildman–Crippen LogP) is 1.46. The second-order valence-corrected chi connectivity index (χ2v) is 3.34. The lowest BCUT2D eigenvalue weighted by atomic mass is 10.0. The van der Waals surface area contributed by atoms with Crippen LogP contribution >= 0.6 is 0 Å². The molecule has 0 aliphatic rings. The summed E-state index contributed by atoms with van der Waals surface area (Å²) < 4.78 is 9.07. The van der Waals surface area contributed by atoms with Crippen LogP contribution in [-0.2, 0) is 9.47 Å². The molecule has 0 bridgehead atoms. The Bertz CT molecular complexity index is 442. The number of benzene rings is 1. The summed E-state index contributed by atoms with van der Waals surface area (Å²) in [5.74, 6) is -1.47. The fraction of sp³-hybridized carbons (Fsp3) is 0.250. The second kappa shape index (κ2) is 5.25. The number of esters is 2. The molecule has 0 aromatic heterocycles. The monoisotopic (exact) mass is 236 g/mol. The molecule has 5 heteroatoms. The van der Waals surface area contributed by atoms with Gasteiger partial charge < -0.3 is 9.47 Å².